The van der Waals surface area contributed by atoms with Crippen LogP contribution in [0.3, 0.4) is 0 Å². The van der Waals surface area contributed by atoms with E-state index in [2.05, 4.69) is 4.74 Å². The second-order valence-corrected chi connectivity index (χ2v) is 3.65. The molecular weight excluding hydrogens is 284 g/mol. The average Bonchev–Trinajstić information content (AvgIpc) is 3.06. The maximum absolute atomic E-state index is 11.1. The molecule has 1 aromatic carbocycles. The van der Waals surface area contributed by atoms with Gasteiger partial charge in [-0.3, -0.25) is 4.79 Å². The van der Waals surface area contributed by atoms with Gasteiger partial charge in [-0.15, -0.1) is 0 Å². The van der Waals surface area contributed by atoms with Crippen molar-refractivity contribution in [3.05, 3.63) is 66.2 Å². The van der Waals surface area contributed by atoms with Crippen molar-refractivity contribution in [2.45, 2.75) is 19.8 Å². The monoisotopic (exact) mass is 300 g/mol. The first-order valence-electron chi connectivity index (χ1n) is 5.87. The summed E-state index contributed by atoms with van der Waals surface area (Å²) in [7, 11) is 0. The summed E-state index contributed by atoms with van der Waals surface area (Å²) < 4.78 is 4.56. The van der Waals surface area contributed by atoms with Crippen molar-refractivity contribution in [3.8, 4) is 0 Å². The molecule has 0 N–H and O–H groups in total. The van der Waals surface area contributed by atoms with Gasteiger partial charge in [-0.2, -0.15) is 18.2 Å². The number of esters is 1. The molecule has 0 aromatic heterocycles. The summed E-state index contributed by atoms with van der Waals surface area (Å²) in [5, 5.41) is 11.1. The predicted octanol–water partition coefficient (Wildman–Crippen LogP) is 2.43. The van der Waals surface area contributed by atoms with Crippen LogP contribution in [0.4, 0.5) is 0 Å². The molecule has 1 aromatic rings. The Morgan fingerprint density at radius 2 is 1.84 bits per heavy atom. The van der Waals surface area contributed by atoms with E-state index in [1.807, 2.05) is 37.3 Å². The number of allylic oxidation sites excluding steroid dienone is 5. The molecule has 2 rings (SSSR count). The van der Waals surface area contributed by atoms with Crippen LogP contribution in [-0.2, 0) is 26.6 Å². The maximum atomic E-state index is 11.1. The van der Waals surface area contributed by atoms with Gasteiger partial charge in [-0.05, 0) is 12.0 Å². The molecule has 1 aliphatic rings. The molecule has 0 heterocycles. The second-order valence-electron chi connectivity index (χ2n) is 3.65. The number of rotatable bonds is 3. The second kappa shape index (κ2) is 10.3. The summed E-state index contributed by atoms with van der Waals surface area (Å²) in [5.41, 5.74) is 0.421. The van der Waals surface area contributed by atoms with Gasteiger partial charge in [-0.1, -0.05) is 31.2 Å². The summed E-state index contributed by atoms with van der Waals surface area (Å²) in [6.07, 6.45) is 7.64. The van der Waals surface area contributed by atoms with Crippen LogP contribution in [0.25, 0.3) is 0 Å². The molecular formula is C15H16FeO3. The van der Waals surface area contributed by atoms with Crippen LogP contribution in [0.1, 0.15) is 19.8 Å². The van der Waals surface area contributed by atoms with E-state index in [9.17, 15) is 9.90 Å². The zero-order valence-electron chi connectivity index (χ0n) is 10.7. The summed E-state index contributed by atoms with van der Waals surface area (Å²) in [6, 6.07) is 10.0. The van der Waals surface area contributed by atoms with Crippen molar-refractivity contribution in [2.24, 2.45) is 0 Å². The van der Waals surface area contributed by atoms with Crippen molar-refractivity contribution in [3.63, 3.8) is 0 Å². The molecule has 0 fully saturated rings. The third-order valence-corrected chi connectivity index (χ3v) is 2.11. The summed E-state index contributed by atoms with van der Waals surface area (Å²) in [6.45, 7) is 1.86. The van der Waals surface area contributed by atoms with Crippen molar-refractivity contribution in [2.75, 3.05) is 0 Å². The third kappa shape index (κ3) is 7.39. The largest absolute Gasteiger partial charge is 2.00 e. The van der Waals surface area contributed by atoms with Crippen molar-refractivity contribution in [1.82, 2.24) is 0 Å². The molecule has 0 saturated carbocycles. The van der Waals surface area contributed by atoms with Gasteiger partial charge in [-0.25, -0.2) is 12.1 Å². The first-order valence-corrected chi connectivity index (χ1v) is 5.87. The summed E-state index contributed by atoms with van der Waals surface area (Å²) >= 11 is 0. The van der Waals surface area contributed by atoms with Gasteiger partial charge in [0.15, 0.2) is 0 Å². The Morgan fingerprint density at radius 3 is 2.26 bits per heavy atom. The standard InChI is InChI=1S/C10H12O3.C5H5.Fe/c1-2-5-9(11)13-10(12)8-6-3-4-7-8;1-2-4-5-3-1;/h3-4,6-7,12H,2,5H2,1H3;1-5H;/q;-1;+2/p-1. The quantitative estimate of drug-likeness (QED) is 0.373. The van der Waals surface area contributed by atoms with Crippen LogP contribution in [0, 0.1) is 0 Å². The smallest absolute Gasteiger partial charge is 0.552 e. The normalized spacial score (nSPS) is 11.3. The van der Waals surface area contributed by atoms with Crippen molar-refractivity contribution in [1.29, 1.82) is 0 Å². The topological polar surface area (TPSA) is 49.4 Å². The zero-order valence-corrected chi connectivity index (χ0v) is 11.8. The van der Waals surface area contributed by atoms with E-state index < -0.39 is 11.9 Å². The van der Waals surface area contributed by atoms with Gasteiger partial charge >= 0.3 is 17.1 Å². The summed E-state index contributed by atoms with van der Waals surface area (Å²) in [5.74, 6) is -1.03. The van der Waals surface area contributed by atoms with Crippen LogP contribution in [0.2, 0.25) is 0 Å². The van der Waals surface area contributed by atoms with E-state index in [-0.39, 0.29) is 23.5 Å². The van der Waals surface area contributed by atoms with E-state index in [0.717, 1.165) is 0 Å². The zero-order chi connectivity index (χ0) is 13.2. The number of ether oxygens (including phenoxy) is 1. The van der Waals surface area contributed by atoms with E-state index in [1.54, 1.807) is 24.3 Å². The number of carbonyl (C=O) groups is 1. The van der Waals surface area contributed by atoms with Crippen molar-refractivity contribution >= 4 is 5.97 Å². The number of carbonyl (C=O) groups excluding carboxylic acids is 1. The molecule has 102 valence electrons. The Kier molecular flexibility index (Phi) is 9.41. The fraction of sp³-hybridized carbons (Fsp3) is 0.200. The molecule has 3 nitrogen and oxygen atoms in total. The van der Waals surface area contributed by atoms with Gasteiger partial charge < -0.3 is 9.84 Å². The Bertz CT molecular complexity index is 411. The molecule has 19 heavy (non-hydrogen) atoms. The fourth-order valence-electron chi connectivity index (χ4n) is 1.25. The molecule has 0 atom stereocenters. The Hall–Kier alpha value is -1.64. The summed E-state index contributed by atoms with van der Waals surface area (Å²) in [4.78, 5) is 10.9. The van der Waals surface area contributed by atoms with Gasteiger partial charge in [0.25, 0.3) is 0 Å². The van der Waals surface area contributed by atoms with Gasteiger partial charge in [0.2, 0.25) is 5.97 Å². The Balaban J connectivity index is 0.000000454. The Morgan fingerprint density at radius 1 is 1.26 bits per heavy atom. The molecule has 1 aliphatic carbocycles. The van der Waals surface area contributed by atoms with Gasteiger partial charge in [0.1, 0.15) is 0 Å². The van der Waals surface area contributed by atoms with Crippen LogP contribution in [-0.4, -0.2) is 5.97 Å². The van der Waals surface area contributed by atoms with E-state index >= 15 is 0 Å². The van der Waals surface area contributed by atoms with Crippen LogP contribution < -0.4 is 5.11 Å². The molecule has 0 bridgehead atoms. The molecule has 4 heteroatoms. The minimum atomic E-state index is -0.566. The molecule has 0 amide bonds. The minimum absolute atomic E-state index is 0. The minimum Gasteiger partial charge on any atom is -0.552 e. The first-order chi connectivity index (χ1) is 8.74. The molecule has 0 unspecified atom stereocenters. The molecule has 0 spiro atoms. The molecule has 0 radical (unpaired) electrons. The average molecular weight is 300 g/mol. The molecule has 0 saturated heterocycles. The SMILES string of the molecule is CCCC(=O)OC([O-])=C1C=CC=C1.[Fe+2].c1cc[cH-]c1. The van der Waals surface area contributed by atoms with Crippen LogP contribution in [0.15, 0.2) is 66.2 Å². The van der Waals surface area contributed by atoms with Gasteiger partial charge in [0, 0.05) is 6.42 Å². The van der Waals surface area contributed by atoms with E-state index in [1.165, 1.54) is 0 Å². The Labute approximate surface area is 124 Å². The third-order valence-electron chi connectivity index (χ3n) is 2.11. The van der Waals surface area contributed by atoms with E-state index in [4.69, 9.17) is 0 Å². The number of hydrogen-bond acceptors (Lipinski definition) is 3. The predicted molar refractivity (Wildman–Crippen MR) is 68.3 cm³/mol. The van der Waals surface area contributed by atoms with Crippen molar-refractivity contribution < 1.29 is 31.7 Å². The first kappa shape index (κ1) is 17.4. The van der Waals surface area contributed by atoms with Crippen LogP contribution >= 0.6 is 0 Å². The maximum Gasteiger partial charge on any atom is 2.00 e. The molecule has 0 aliphatic heterocycles. The van der Waals surface area contributed by atoms with Gasteiger partial charge in [0.05, 0.1) is 5.95 Å². The number of hydrogen-bond donors (Lipinski definition) is 0. The van der Waals surface area contributed by atoms with E-state index in [0.29, 0.717) is 12.0 Å². The van der Waals surface area contributed by atoms with Crippen LogP contribution in [0.5, 0.6) is 0 Å². The fourth-order valence-corrected chi connectivity index (χ4v) is 1.25.